The van der Waals surface area contributed by atoms with Crippen LogP contribution < -0.4 is 5.32 Å². The summed E-state index contributed by atoms with van der Waals surface area (Å²) < 4.78 is 5.84. The Morgan fingerprint density at radius 1 is 1.65 bits per heavy atom. The van der Waals surface area contributed by atoms with Crippen molar-refractivity contribution in [2.75, 3.05) is 19.7 Å². The van der Waals surface area contributed by atoms with Gasteiger partial charge in [-0.15, -0.1) is 0 Å². The van der Waals surface area contributed by atoms with Crippen LogP contribution in [0.1, 0.15) is 18.5 Å². The zero-order valence-electron chi connectivity index (χ0n) is 10.8. The van der Waals surface area contributed by atoms with Gasteiger partial charge >= 0.3 is 5.97 Å². The first-order valence-electron chi connectivity index (χ1n) is 5.96. The number of nitrogens with one attached hydrogen (secondary N) is 1. The van der Waals surface area contributed by atoms with Gasteiger partial charge in [0, 0.05) is 27.5 Å². The molecule has 0 saturated carbocycles. The monoisotopic (exact) mass is 360 g/mol. The van der Waals surface area contributed by atoms with Crippen molar-refractivity contribution in [1.82, 2.24) is 5.32 Å². The van der Waals surface area contributed by atoms with Gasteiger partial charge in [-0.05, 0) is 36.2 Å². The third kappa shape index (κ3) is 5.02. The standard InChI is InChI=1S/C12H14BrClN4O2/c1-2-20-12(19)11(16-5-6-17-18-15)9-7-8(13)3-4-10(9)14/h3-4,7,11,16H,2,5-6H2,1H3. The molecule has 0 bridgehead atoms. The summed E-state index contributed by atoms with van der Waals surface area (Å²) in [6, 6.07) is 4.54. The summed E-state index contributed by atoms with van der Waals surface area (Å²) in [5, 5.41) is 6.85. The number of carbonyl (C=O) groups is 1. The quantitative estimate of drug-likeness (QED) is 0.264. The molecule has 20 heavy (non-hydrogen) atoms. The molecule has 6 nitrogen and oxygen atoms in total. The number of carbonyl (C=O) groups excluding carboxylic acids is 1. The van der Waals surface area contributed by atoms with Crippen LogP contribution in [0.25, 0.3) is 10.4 Å². The van der Waals surface area contributed by atoms with Crippen molar-refractivity contribution in [2.45, 2.75) is 13.0 Å². The van der Waals surface area contributed by atoms with Gasteiger partial charge in [-0.1, -0.05) is 32.6 Å². The molecule has 0 amide bonds. The van der Waals surface area contributed by atoms with Gasteiger partial charge < -0.3 is 10.1 Å². The molecule has 1 unspecified atom stereocenters. The normalized spacial score (nSPS) is 11.6. The van der Waals surface area contributed by atoms with Crippen LogP contribution in [0.4, 0.5) is 0 Å². The molecule has 0 spiro atoms. The Morgan fingerprint density at radius 2 is 2.40 bits per heavy atom. The van der Waals surface area contributed by atoms with E-state index in [1.807, 2.05) is 0 Å². The molecule has 0 heterocycles. The van der Waals surface area contributed by atoms with E-state index in [1.165, 1.54) is 0 Å². The highest BCUT2D eigenvalue weighted by molar-refractivity contribution is 9.10. The van der Waals surface area contributed by atoms with E-state index in [1.54, 1.807) is 25.1 Å². The number of esters is 1. The molecule has 1 aromatic rings. The molecular formula is C12H14BrClN4O2. The van der Waals surface area contributed by atoms with E-state index in [0.29, 0.717) is 17.1 Å². The van der Waals surface area contributed by atoms with E-state index in [0.717, 1.165) is 4.47 Å². The van der Waals surface area contributed by atoms with E-state index < -0.39 is 12.0 Å². The van der Waals surface area contributed by atoms with E-state index in [2.05, 4.69) is 31.3 Å². The van der Waals surface area contributed by atoms with E-state index in [4.69, 9.17) is 21.9 Å². The Morgan fingerprint density at radius 3 is 3.05 bits per heavy atom. The topological polar surface area (TPSA) is 87.1 Å². The lowest BCUT2D eigenvalue weighted by Crippen LogP contribution is -2.32. The number of hydrogen-bond donors (Lipinski definition) is 1. The molecule has 1 N–H and O–H groups in total. The first-order valence-corrected chi connectivity index (χ1v) is 7.13. The van der Waals surface area contributed by atoms with Gasteiger partial charge in [-0.25, -0.2) is 4.79 Å². The minimum absolute atomic E-state index is 0.234. The van der Waals surface area contributed by atoms with Crippen LogP contribution in [0.3, 0.4) is 0 Å². The Hall–Kier alpha value is -1.27. The molecule has 1 atom stereocenters. The molecular weight excluding hydrogens is 348 g/mol. The molecule has 0 aliphatic heterocycles. The van der Waals surface area contributed by atoms with Gasteiger partial charge in [-0.2, -0.15) is 0 Å². The summed E-state index contributed by atoms with van der Waals surface area (Å²) in [5.74, 6) is -0.423. The minimum Gasteiger partial charge on any atom is -0.465 e. The van der Waals surface area contributed by atoms with Gasteiger partial charge in [0.2, 0.25) is 0 Å². The first-order chi connectivity index (χ1) is 9.60. The summed E-state index contributed by atoms with van der Waals surface area (Å²) >= 11 is 9.47. The van der Waals surface area contributed by atoms with Crippen molar-refractivity contribution >= 4 is 33.5 Å². The van der Waals surface area contributed by atoms with E-state index in [-0.39, 0.29) is 13.2 Å². The fraction of sp³-hybridized carbons (Fsp3) is 0.417. The van der Waals surface area contributed by atoms with Crippen molar-refractivity contribution < 1.29 is 9.53 Å². The molecule has 1 aromatic carbocycles. The molecule has 0 aliphatic rings. The van der Waals surface area contributed by atoms with Crippen molar-refractivity contribution in [3.8, 4) is 0 Å². The smallest absolute Gasteiger partial charge is 0.327 e. The summed E-state index contributed by atoms with van der Waals surface area (Å²) in [4.78, 5) is 14.7. The highest BCUT2D eigenvalue weighted by Crippen LogP contribution is 2.27. The van der Waals surface area contributed by atoms with Gasteiger partial charge in [0.15, 0.2) is 0 Å². The van der Waals surface area contributed by atoms with Gasteiger partial charge in [-0.3, -0.25) is 0 Å². The van der Waals surface area contributed by atoms with Crippen molar-refractivity contribution in [3.63, 3.8) is 0 Å². The number of ether oxygens (including phenoxy) is 1. The van der Waals surface area contributed by atoms with Crippen LogP contribution in [0.5, 0.6) is 0 Å². The Labute approximate surface area is 130 Å². The summed E-state index contributed by atoms with van der Waals surface area (Å²) in [7, 11) is 0. The number of hydrogen-bond acceptors (Lipinski definition) is 4. The second-order valence-electron chi connectivity index (χ2n) is 3.76. The van der Waals surface area contributed by atoms with Gasteiger partial charge in [0.05, 0.1) is 6.61 Å². The van der Waals surface area contributed by atoms with Crippen LogP contribution >= 0.6 is 27.5 Å². The van der Waals surface area contributed by atoms with E-state index in [9.17, 15) is 4.79 Å². The van der Waals surface area contributed by atoms with Crippen LogP contribution in [-0.2, 0) is 9.53 Å². The summed E-state index contributed by atoms with van der Waals surface area (Å²) in [6.45, 7) is 2.59. The van der Waals surface area contributed by atoms with Crippen LogP contribution in [-0.4, -0.2) is 25.7 Å². The lowest BCUT2D eigenvalue weighted by molar-refractivity contribution is -0.145. The predicted molar refractivity (Wildman–Crippen MR) is 80.5 cm³/mol. The maximum absolute atomic E-state index is 12.0. The lowest BCUT2D eigenvalue weighted by Gasteiger charge is -2.18. The first kappa shape index (κ1) is 16.8. The largest absolute Gasteiger partial charge is 0.465 e. The number of benzene rings is 1. The highest BCUT2D eigenvalue weighted by Gasteiger charge is 2.23. The number of azide groups is 1. The minimum atomic E-state index is -0.700. The maximum atomic E-state index is 12.0. The number of halogens is 2. The molecule has 0 saturated heterocycles. The van der Waals surface area contributed by atoms with Crippen LogP contribution in [0.15, 0.2) is 27.8 Å². The summed E-state index contributed by atoms with van der Waals surface area (Å²) in [5.41, 5.74) is 8.85. The Balaban J connectivity index is 2.93. The molecule has 8 heteroatoms. The summed E-state index contributed by atoms with van der Waals surface area (Å²) in [6.07, 6.45) is 0. The second kappa shape index (κ2) is 8.81. The number of nitrogens with zero attached hydrogens (tertiary/aromatic N) is 3. The molecule has 0 fully saturated rings. The van der Waals surface area contributed by atoms with Crippen molar-refractivity contribution in [3.05, 3.63) is 43.7 Å². The van der Waals surface area contributed by atoms with Crippen LogP contribution in [0, 0.1) is 0 Å². The molecule has 0 aliphatic carbocycles. The lowest BCUT2D eigenvalue weighted by atomic mass is 10.1. The fourth-order valence-electron chi connectivity index (χ4n) is 1.59. The average Bonchev–Trinajstić information content (AvgIpc) is 2.42. The maximum Gasteiger partial charge on any atom is 0.327 e. The number of rotatable bonds is 7. The molecule has 108 valence electrons. The predicted octanol–water partition coefficient (Wildman–Crippen LogP) is 3.61. The Kier molecular flexibility index (Phi) is 7.40. The Bertz CT molecular complexity index is 520. The zero-order valence-corrected chi connectivity index (χ0v) is 13.2. The highest BCUT2D eigenvalue weighted by atomic mass is 79.9. The molecule has 1 rings (SSSR count). The molecule has 0 radical (unpaired) electrons. The average molecular weight is 362 g/mol. The fourth-order valence-corrected chi connectivity index (χ4v) is 2.19. The SMILES string of the molecule is CCOC(=O)C(NCCN=[N+]=[N-])c1cc(Br)ccc1Cl. The van der Waals surface area contributed by atoms with E-state index >= 15 is 0 Å². The second-order valence-corrected chi connectivity index (χ2v) is 5.08. The van der Waals surface area contributed by atoms with Crippen molar-refractivity contribution in [2.24, 2.45) is 5.11 Å². The van der Waals surface area contributed by atoms with Crippen molar-refractivity contribution in [1.29, 1.82) is 0 Å². The third-order valence-electron chi connectivity index (χ3n) is 2.41. The van der Waals surface area contributed by atoms with Gasteiger partial charge in [0.1, 0.15) is 6.04 Å². The van der Waals surface area contributed by atoms with Gasteiger partial charge in [0.25, 0.3) is 0 Å². The molecule has 0 aromatic heterocycles. The zero-order chi connectivity index (χ0) is 15.0. The van der Waals surface area contributed by atoms with Crippen LogP contribution in [0.2, 0.25) is 5.02 Å². The third-order valence-corrected chi connectivity index (χ3v) is 3.25.